The van der Waals surface area contributed by atoms with Crippen molar-refractivity contribution in [1.82, 2.24) is 8.96 Å². The van der Waals surface area contributed by atoms with Crippen molar-refractivity contribution in [2.24, 2.45) is 0 Å². The van der Waals surface area contributed by atoms with Crippen LogP contribution in [0.25, 0.3) is 11.0 Å². The molecule has 0 aliphatic carbocycles. The molecule has 3 rings (SSSR count). The minimum Gasteiger partial charge on any atom is -0.497 e. The fraction of sp³-hybridized carbons (Fsp3) is 0.176. The van der Waals surface area contributed by atoms with Crippen LogP contribution in [0.3, 0.4) is 0 Å². The Labute approximate surface area is 161 Å². The van der Waals surface area contributed by atoms with Crippen molar-refractivity contribution in [3.8, 4) is 11.5 Å². The van der Waals surface area contributed by atoms with Crippen molar-refractivity contribution in [2.45, 2.75) is 10.1 Å². The number of fused-ring (bicyclic) bond motifs is 1. The third kappa shape index (κ3) is 3.71. The lowest BCUT2D eigenvalue weighted by Gasteiger charge is -2.10. The number of hydrogen-bond donors (Lipinski definition) is 1. The third-order valence-electron chi connectivity index (χ3n) is 3.75. The summed E-state index contributed by atoms with van der Waals surface area (Å²) in [6, 6.07) is 10.6. The van der Waals surface area contributed by atoms with Crippen molar-refractivity contribution in [3.63, 3.8) is 0 Å². The first-order valence-electron chi connectivity index (χ1n) is 7.67. The van der Waals surface area contributed by atoms with Gasteiger partial charge < -0.3 is 14.2 Å². The van der Waals surface area contributed by atoms with Gasteiger partial charge in [-0.15, -0.1) is 12.6 Å². The van der Waals surface area contributed by atoms with Crippen molar-refractivity contribution in [1.29, 1.82) is 0 Å². The normalized spacial score (nSPS) is 11.4. The summed E-state index contributed by atoms with van der Waals surface area (Å²) in [6.45, 7) is -0.269. The number of carbonyl (C=O) groups is 1. The molecular weight excluding hydrogens is 392 g/mol. The number of methoxy groups -OCH3 is 2. The fourth-order valence-corrected chi connectivity index (χ4v) is 4.29. The molecule has 0 unspecified atom stereocenters. The Balaban J connectivity index is 1.98. The summed E-state index contributed by atoms with van der Waals surface area (Å²) in [4.78, 5) is 15.3. The highest BCUT2D eigenvalue weighted by atomic mass is 32.2. The van der Waals surface area contributed by atoms with Crippen molar-refractivity contribution in [3.05, 3.63) is 42.5 Å². The van der Waals surface area contributed by atoms with Gasteiger partial charge in [0.05, 0.1) is 30.1 Å². The summed E-state index contributed by atoms with van der Waals surface area (Å²) in [7, 11) is -1.21. The monoisotopic (exact) mass is 408 g/mol. The van der Waals surface area contributed by atoms with E-state index in [-0.39, 0.29) is 16.7 Å². The van der Waals surface area contributed by atoms with E-state index in [9.17, 15) is 13.2 Å². The Bertz CT molecular complexity index is 1090. The van der Waals surface area contributed by atoms with E-state index in [0.29, 0.717) is 22.5 Å². The first kappa shape index (κ1) is 19.1. The molecule has 3 aromatic rings. The number of imidazole rings is 1. The number of nitrogens with zero attached hydrogens (tertiary/aromatic N) is 2. The lowest BCUT2D eigenvalue weighted by molar-refractivity contribution is -0.142. The highest BCUT2D eigenvalue weighted by Crippen LogP contribution is 2.28. The predicted molar refractivity (Wildman–Crippen MR) is 100 cm³/mol. The Morgan fingerprint density at radius 3 is 2.41 bits per heavy atom. The van der Waals surface area contributed by atoms with Crippen LogP contribution in [0, 0.1) is 0 Å². The number of rotatable bonds is 6. The van der Waals surface area contributed by atoms with Crippen LogP contribution in [-0.2, 0) is 19.6 Å². The molecule has 0 amide bonds. The van der Waals surface area contributed by atoms with Gasteiger partial charge in [0, 0.05) is 6.07 Å². The van der Waals surface area contributed by atoms with E-state index >= 15 is 0 Å². The van der Waals surface area contributed by atoms with Crippen LogP contribution in [0.2, 0.25) is 0 Å². The standard InChI is InChI=1S/C17H16N2O6S2/c1-23-12-5-8-14-15(9-12)19(17(26)18-14)27(21,22)13-6-3-11(4-7-13)25-10-16(20)24-2/h3-9H,10H2,1-2H3,(H,18,26). The van der Waals surface area contributed by atoms with E-state index in [1.807, 2.05) is 0 Å². The molecule has 0 saturated carbocycles. The van der Waals surface area contributed by atoms with E-state index in [2.05, 4.69) is 22.3 Å². The largest absolute Gasteiger partial charge is 0.497 e. The minimum atomic E-state index is -3.96. The average Bonchev–Trinajstić information content (AvgIpc) is 3.01. The zero-order chi connectivity index (χ0) is 19.6. The molecule has 0 saturated heterocycles. The highest BCUT2D eigenvalue weighted by Gasteiger charge is 2.23. The van der Waals surface area contributed by atoms with Crippen LogP contribution in [0.15, 0.2) is 52.5 Å². The molecule has 1 heterocycles. The Hall–Kier alpha value is -2.72. The van der Waals surface area contributed by atoms with Gasteiger partial charge in [-0.1, -0.05) is 0 Å². The van der Waals surface area contributed by atoms with Crippen molar-refractivity contribution < 1.29 is 27.4 Å². The topological polar surface area (TPSA) is 96.7 Å². The van der Waals surface area contributed by atoms with Gasteiger partial charge >= 0.3 is 5.97 Å². The average molecular weight is 408 g/mol. The SMILES string of the molecule is COC(=O)COc1ccc(S(=O)(=O)n2c(S)nc3ccc(OC)cc32)cc1. The van der Waals surface area contributed by atoms with Crippen molar-refractivity contribution in [2.75, 3.05) is 20.8 Å². The van der Waals surface area contributed by atoms with Gasteiger partial charge in [0.25, 0.3) is 10.0 Å². The summed E-state index contributed by atoms with van der Waals surface area (Å²) in [5, 5.41) is 0.0317. The summed E-state index contributed by atoms with van der Waals surface area (Å²) >= 11 is 4.21. The lowest BCUT2D eigenvalue weighted by Crippen LogP contribution is -2.14. The first-order valence-corrected chi connectivity index (χ1v) is 9.56. The molecule has 0 atom stereocenters. The quantitative estimate of drug-likeness (QED) is 0.493. The number of esters is 1. The maximum absolute atomic E-state index is 13.1. The summed E-state index contributed by atoms with van der Waals surface area (Å²) in [5.41, 5.74) is 0.827. The molecule has 1 aromatic heterocycles. The molecule has 0 bridgehead atoms. The molecule has 0 fully saturated rings. The Morgan fingerprint density at radius 2 is 1.78 bits per heavy atom. The van der Waals surface area contributed by atoms with Crippen LogP contribution < -0.4 is 9.47 Å². The second-order valence-corrected chi connectivity index (χ2v) is 7.56. The lowest BCUT2D eigenvalue weighted by atomic mass is 10.3. The molecular formula is C17H16N2O6S2. The number of benzene rings is 2. The van der Waals surface area contributed by atoms with Gasteiger partial charge in [0.15, 0.2) is 11.8 Å². The van der Waals surface area contributed by atoms with Gasteiger partial charge in [0.1, 0.15) is 11.5 Å². The molecule has 0 spiro atoms. The van der Waals surface area contributed by atoms with Gasteiger partial charge in [-0.3, -0.25) is 0 Å². The second-order valence-electron chi connectivity index (χ2n) is 5.37. The van der Waals surface area contributed by atoms with Crippen LogP contribution in [0.1, 0.15) is 0 Å². The van der Waals surface area contributed by atoms with Gasteiger partial charge in [-0.05, 0) is 36.4 Å². The molecule has 0 N–H and O–H groups in total. The molecule has 8 nitrogen and oxygen atoms in total. The maximum atomic E-state index is 13.1. The van der Waals surface area contributed by atoms with E-state index in [0.717, 1.165) is 3.97 Å². The van der Waals surface area contributed by atoms with E-state index in [1.54, 1.807) is 18.2 Å². The minimum absolute atomic E-state index is 0.0188. The zero-order valence-corrected chi connectivity index (χ0v) is 16.2. The van der Waals surface area contributed by atoms with Gasteiger partial charge in [-0.2, -0.15) is 0 Å². The summed E-state index contributed by atoms with van der Waals surface area (Å²) in [5.74, 6) is 0.298. The van der Waals surface area contributed by atoms with Crippen LogP contribution in [0.4, 0.5) is 0 Å². The fourth-order valence-electron chi connectivity index (χ4n) is 2.40. The van der Waals surface area contributed by atoms with Gasteiger partial charge in [0.2, 0.25) is 0 Å². The van der Waals surface area contributed by atoms with Crippen LogP contribution in [0.5, 0.6) is 11.5 Å². The molecule has 27 heavy (non-hydrogen) atoms. The number of thiol groups is 1. The van der Waals surface area contributed by atoms with Crippen LogP contribution >= 0.6 is 12.6 Å². The predicted octanol–water partition coefficient (Wildman–Crippen LogP) is 2.12. The summed E-state index contributed by atoms with van der Waals surface area (Å²) in [6.07, 6.45) is 0. The third-order valence-corrected chi connectivity index (χ3v) is 5.90. The second kappa shape index (κ2) is 7.49. The molecule has 0 aliphatic rings. The number of ether oxygens (including phenoxy) is 3. The maximum Gasteiger partial charge on any atom is 0.343 e. The van der Waals surface area contributed by atoms with Gasteiger partial charge in [-0.25, -0.2) is 22.2 Å². The molecule has 10 heteroatoms. The molecule has 2 aromatic carbocycles. The van der Waals surface area contributed by atoms with E-state index in [1.165, 1.54) is 38.5 Å². The first-order chi connectivity index (χ1) is 12.9. The zero-order valence-electron chi connectivity index (χ0n) is 14.4. The Kier molecular flexibility index (Phi) is 5.29. The van der Waals surface area contributed by atoms with Crippen LogP contribution in [-0.4, -0.2) is 44.2 Å². The smallest absolute Gasteiger partial charge is 0.343 e. The number of carbonyl (C=O) groups excluding carboxylic acids is 1. The highest BCUT2D eigenvalue weighted by molar-refractivity contribution is 7.90. The van der Waals surface area contributed by atoms with Crippen molar-refractivity contribution >= 4 is 39.7 Å². The Morgan fingerprint density at radius 1 is 1.11 bits per heavy atom. The van der Waals surface area contributed by atoms with E-state index < -0.39 is 16.0 Å². The molecule has 0 radical (unpaired) electrons. The van der Waals surface area contributed by atoms with E-state index in [4.69, 9.17) is 9.47 Å². The molecule has 0 aliphatic heterocycles. The number of aromatic nitrogens is 2. The number of hydrogen-bond acceptors (Lipinski definition) is 8. The molecule has 142 valence electrons. The summed E-state index contributed by atoms with van der Waals surface area (Å²) < 4.78 is 42.0.